The number of hydrogen-bond acceptors (Lipinski definition) is 1. The maximum absolute atomic E-state index is 12.8. The highest BCUT2D eigenvalue weighted by Gasteiger charge is 2.25. The van der Waals surface area contributed by atoms with Crippen molar-refractivity contribution in [2.24, 2.45) is 0 Å². The topological polar surface area (TPSA) is 29.1 Å². The second-order valence-corrected chi connectivity index (χ2v) is 13.1. The zero-order valence-electron chi connectivity index (χ0n) is 25.3. The molecule has 1 N–H and O–H groups in total. The number of benzene rings is 6. The maximum Gasteiger partial charge on any atom is 0.224 e. The average Bonchev–Trinajstić information content (AvgIpc) is 3.86. The van der Waals surface area contributed by atoms with Gasteiger partial charge in [-0.3, -0.25) is 4.79 Å². The minimum Gasteiger partial charge on any atom is -0.326 e. The summed E-state index contributed by atoms with van der Waals surface area (Å²) >= 11 is 0. The number of rotatable bonds is 6. The van der Waals surface area contributed by atoms with E-state index >= 15 is 0 Å². The van der Waals surface area contributed by atoms with E-state index < -0.39 is 0 Å². The van der Waals surface area contributed by atoms with Gasteiger partial charge in [0.1, 0.15) is 0 Å². The van der Waals surface area contributed by atoms with E-state index in [1.807, 2.05) is 0 Å². The molecule has 214 valence electrons. The van der Waals surface area contributed by atoms with E-state index in [2.05, 4.69) is 115 Å². The van der Waals surface area contributed by atoms with Crippen molar-refractivity contribution in [3.63, 3.8) is 0 Å². The standard InChI is InChI=1S/C43H31NO/c1-2-3-4-39(45)44-38-16-14-24-7-9-29-18-32(23-37(38)41(24)29)31-17-27-11-12-28-19-33(21-34(20-31)40(27)28)36-22-30-10-8-25-5-6-26-13-15-35(36)43(26)42(25)30/h5-12,14,16-23H,2-4,13,15H2,1H3,(H,44,45). The van der Waals surface area contributed by atoms with Crippen LogP contribution < -0.4 is 5.32 Å². The molecule has 10 rings (SSSR count). The Balaban J connectivity index is 1.14. The lowest BCUT2D eigenvalue weighted by molar-refractivity contribution is -0.116. The largest absolute Gasteiger partial charge is 0.326 e. The molecule has 0 unspecified atom stereocenters. The quantitative estimate of drug-likeness (QED) is 0.209. The van der Waals surface area contributed by atoms with Gasteiger partial charge in [-0.1, -0.05) is 68.0 Å². The van der Waals surface area contributed by atoms with Crippen LogP contribution in [-0.4, -0.2) is 5.91 Å². The first-order valence-electron chi connectivity index (χ1n) is 16.3. The summed E-state index contributed by atoms with van der Waals surface area (Å²) in [5, 5.41) is 11.1. The molecule has 0 bridgehead atoms. The van der Waals surface area contributed by atoms with Gasteiger partial charge in [0.15, 0.2) is 0 Å². The van der Waals surface area contributed by atoms with E-state index in [0.29, 0.717) is 6.42 Å². The van der Waals surface area contributed by atoms with Crippen molar-refractivity contribution in [2.45, 2.75) is 39.0 Å². The van der Waals surface area contributed by atoms with Crippen LogP contribution in [0.2, 0.25) is 0 Å². The summed E-state index contributed by atoms with van der Waals surface area (Å²) in [6, 6.07) is 25.4. The van der Waals surface area contributed by atoms with Crippen LogP contribution in [0.1, 0.15) is 70.7 Å². The van der Waals surface area contributed by atoms with Crippen molar-refractivity contribution in [2.75, 3.05) is 5.32 Å². The number of hydrogen-bond donors (Lipinski definition) is 1. The van der Waals surface area contributed by atoms with Crippen LogP contribution in [0, 0.1) is 0 Å². The SMILES string of the molecule is CCCCC(=O)Nc1ccc2c3c(cc(-c4cc5c6c(cc(-c7cc8c9c(ccc%10c9c7CC%10)C=C8)cc6c4)C=C5)cc13)C=C2. The molecule has 0 heterocycles. The molecule has 0 spiro atoms. The normalized spacial score (nSPS) is 14.2. The molecule has 4 aliphatic rings. The highest BCUT2D eigenvalue weighted by molar-refractivity contribution is 6.15. The van der Waals surface area contributed by atoms with Gasteiger partial charge >= 0.3 is 0 Å². The number of nitrogens with one attached hydrogen (secondary N) is 1. The molecule has 0 fully saturated rings. The summed E-state index contributed by atoms with van der Waals surface area (Å²) in [6.07, 6.45) is 18.2. The van der Waals surface area contributed by atoms with Crippen LogP contribution in [0.5, 0.6) is 0 Å². The third-order valence-electron chi connectivity index (χ3n) is 10.5. The summed E-state index contributed by atoms with van der Waals surface area (Å²) < 4.78 is 0. The number of unbranched alkanes of at least 4 members (excludes halogenated alkanes) is 1. The van der Waals surface area contributed by atoms with Gasteiger partial charge in [0.2, 0.25) is 5.91 Å². The highest BCUT2D eigenvalue weighted by atomic mass is 16.1. The van der Waals surface area contributed by atoms with Crippen LogP contribution in [0.4, 0.5) is 5.69 Å². The average molecular weight is 578 g/mol. The first kappa shape index (κ1) is 25.2. The fourth-order valence-electron chi connectivity index (χ4n) is 8.37. The second kappa shape index (κ2) is 9.15. The Hall–Kier alpha value is -5.21. The summed E-state index contributed by atoms with van der Waals surface area (Å²) in [5.41, 5.74) is 16.7. The third kappa shape index (κ3) is 3.60. The van der Waals surface area contributed by atoms with Gasteiger partial charge < -0.3 is 5.32 Å². The number of carbonyl (C=O) groups is 1. The molecule has 0 radical (unpaired) electrons. The second-order valence-electron chi connectivity index (χ2n) is 13.1. The predicted octanol–water partition coefficient (Wildman–Crippen LogP) is 11.2. The van der Waals surface area contributed by atoms with Gasteiger partial charge in [-0.2, -0.15) is 0 Å². The Labute approximate surface area is 262 Å². The summed E-state index contributed by atoms with van der Waals surface area (Å²) in [4.78, 5) is 12.8. The Morgan fingerprint density at radius 1 is 0.622 bits per heavy atom. The maximum atomic E-state index is 12.8. The molecule has 0 aromatic heterocycles. The van der Waals surface area contributed by atoms with Crippen LogP contribution >= 0.6 is 0 Å². The van der Waals surface area contributed by atoms with Crippen LogP contribution in [0.3, 0.4) is 0 Å². The van der Waals surface area contributed by atoms with Crippen molar-refractivity contribution in [3.8, 4) is 22.3 Å². The monoisotopic (exact) mass is 577 g/mol. The molecule has 0 saturated carbocycles. The molecule has 6 aromatic rings. The van der Waals surface area contributed by atoms with Crippen molar-refractivity contribution in [1.82, 2.24) is 0 Å². The molecule has 2 nitrogen and oxygen atoms in total. The lowest BCUT2D eigenvalue weighted by atomic mass is 9.88. The Morgan fingerprint density at radius 2 is 1.27 bits per heavy atom. The molecule has 0 saturated heterocycles. The van der Waals surface area contributed by atoms with E-state index in [9.17, 15) is 4.79 Å². The van der Waals surface area contributed by atoms with Crippen molar-refractivity contribution in [3.05, 3.63) is 111 Å². The Morgan fingerprint density at radius 3 is 2.07 bits per heavy atom. The van der Waals surface area contributed by atoms with E-state index in [1.54, 1.807) is 0 Å². The fourth-order valence-corrected chi connectivity index (χ4v) is 8.37. The smallest absolute Gasteiger partial charge is 0.224 e. The van der Waals surface area contributed by atoms with E-state index in [4.69, 9.17) is 0 Å². The first-order chi connectivity index (χ1) is 22.1. The van der Waals surface area contributed by atoms with Crippen LogP contribution in [-0.2, 0) is 17.6 Å². The van der Waals surface area contributed by atoms with E-state index in [1.165, 1.54) is 93.7 Å². The molecule has 0 aliphatic heterocycles. The number of amides is 1. The molecule has 4 aliphatic carbocycles. The lowest BCUT2D eigenvalue weighted by Crippen LogP contribution is -2.11. The Bertz CT molecular complexity index is 2450. The van der Waals surface area contributed by atoms with Gasteiger partial charge in [-0.05, 0) is 161 Å². The molecule has 1 amide bonds. The lowest BCUT2D eigenvalue weighted by Gasteiger charge is -2.16. The summed E-state index contributed by atoms with van der Waals surface area (Å²) in [6.45, 7) is 2.12. The molecular weight excluding hydrogens is 546 g/mol. The number of carbonyl (C=O) groups excluding carboxylic acids is 1. The van der Waals surface area contributed by atoms with Crippen LogP contribution in [0.25, 0.3) is 91.0 Å². The fraction of sp³-hybridized carbons (Fsp3) is 0.140. The molecule has 2 heteroatoms. The van der Waals surface area contributed by atoms with E-state index in [0.717, 1.165) is 36.8 Å². The number of aryl methyl sites for hydroxylation is 2. The van der Waals surface area contributed by atoms with Crippen molar-refractivity contribution >= 4 is 80.4 Å². The summed E-state index contributed by atoms with van der Waals surface area (Å²) in [5.74, 6) is 0.0866. The zero-order chi connectivity index (χ0) is 29.8. The molecule has 6 aromatic carbocycles. The van der Waals surface area contributed by atoms with Gasteiger partial charge in [-0.15, -0.1) is 0 Å². The van der Waals surface area contributed by atoms with E-state index in [-0.39, 0.29) is 5.91 Å². The third-order valence-corrected chi connectivity index (χ3v) is 10.5. The van der Waals surface area contributed by atoms with Crippen molar-refractivity contribution < 1.29 is 4.79 Å². The van der Waals surface area contributed by atoms with Gasteiger partial charge in [0.05, 0.1) is 0 Å². The number of anilines is 1. The molecule has 0 atom stereocenters. The minimum atomic E-state index is 0.0866. The minimum absolute atomic E-state index is 0.0866. The van der Waals surface area contributed by atoms with Crippen molar-refractivity contribution in [1.29, 1.82) is 0 Å². The van der Waals surface area contributed by atoms with Gasteiger partial charge in [0.25, 0.3) is 0 Å². The molecular formula is C43H31NO. The van der Waals surface area contributed by atoms with Crippen LogP contribution in [0.15, 0.2) is 66.7 Å². The zero-order valence-corrected chi connectivity index (χ0v) is 25.3. The first-order valence-corrected chi connectivity index (χ1v) is 16.3. The van der Waals surface area contributed by atoms with Gasteiger partial charge in [-0.25, -0.2) is 0 Å². The van der Waals surface area contributed by atoms with Gasteiger partial charge in [0, 0.05) is 17.5 Å². The predicted molar refractivity (Wildman–Crippen MR) is 192 cm³/mol. The highest BCUT2D eigenvalue weighted by Crippen LogP contribution is 2.47. The summed E-state index contributed by atoms with van der Waals surface area (Å²) in [7, 11) is 0. The molecule has 45 heavy (non-hydrogen) atoms. The Kier molecular flexibility index (Phi) is 5.12.